The quantitative estimate of drug-likeness (QED) is 0.785. The lowest BCUT2D eigenvalue weighted by atomic mass is 10.1. The molecule has 1 N–H and O–H groups in total. The Balaban J connectivity index is 1.41. The third-order valence-electron chi connectivity index (χ3n) is 5.03. The summed E-state index contributed by atoms with van der Waals surface area (Å²) in [6.45, 7) is 4.98. The highest BCUT2D eigenvalue weighted by atomic mass is 16.5. The van der Waals surface area contributed by atoms with Gasteiger partial charge in [0.05, 0.1) is 0 Å². The summed E-state index contributed by atoms with van der Waals surface area (Å²) in [7, 11) is 0. The van der Waals surface area contributed by atoms with Crippen molar-refractivity contribution in [2.75, 3.05) is 13.1 Å². The highest BCUT2D eigenvalue weighted by molar-refractivity contribution is 5.83. The molecule has 1 saturated heterocycles. The lowest BCUT2D eigenvalue weighted by Gasteiger charge is -2.32. The summed E-state index contributed by atoms with van der Waals surface area (Å²) in [4.78, 5) is 21.3. The number of rotatable bonds is 4. The molecule has 0 saturated carbocycles. The second-order valence-corrected chi connectivity index (χ2v) is 6.97. The van der Waals surface area contributed by atoms with Gasteiger partial charge in [-0.3, -0.25) is 14.7 Å². The van der Waals surface area contributed by atoms with Gasteiger partial charge in [0, 0.05) is 43.6 Å². The molecule has 0 unspecified atom stereocenters. The fourth-order valence-corrected chi connectivity index (χ4v) is 3.56. The van der Waals surface area contributed by atoms with Crippen molar-refractivity contribution < 1.29 is 4.74 Å². The number of likely N-dealkylation sites (tertiary alicyclic amines) is 1. The molecule has 134 valence electrons. The molecule has 0 aliphatic carbocycles. The second kappa shape index (κ2) is 7.30. The molecule has 0 bridgehead atoms. The van der Waals surface area contributed by atoms with E-state index in [1.54, 1.807) is 6.20 Å². The van der Waals surface area contributed by atoms with Gasteiger partial charge in [0.1, 0.15) is 11.9 Å². The van der Waals surface area contributed by atoms with Gasteiger partial charge in [0.2, 0.25) is 0 Å². The number of hydrogen-bond acceptors (Lipinski definition) is 4. The molecule has 26 heavy (non-hydrogen) atoms. The Morgan fingerprint density at radius 1 is 1.27 bits per heavy atom. The zero-order valence-electron chi connectivity index (χ0n) is 14.9. The first kappa shape index (κ1) is 16.8. The molecule has 0 atom stereocenters. The summed E-state index contributed by atoms with van der Waals surface area (Å²) in [6.07, 6.45) is 7.66. The van der Waals surface area contributed by atoms with Crippen LogP contribution in [0, 0.1) is 6.92 Å². The first-order valence-corrected chi connectivity index (χ1v) is 9.09. The zero-order valence-corrected chi connectivity index (χ0v) is 14.9. The van der Waals surface area contributed by atoms with Crippen LogP contribution in [0.1, 0.15) is 24.0 Å². The van der Waals surface area contributed by atoms with E-state index in [-0.39, 0.29) is 11.7 Å². The number of aromatic amines is 1. The number of nitrogens with zero attached hydrogens (tertiary/aromatic N) is 2. The minimum Gasteiger partial charge on any atom is -0.490 e. The average molecular weight is 349 g/mol. The van der Waals surface area contributed by atoms with E-state index >= 15 is 0 Å². The molecule has 4 rings (SSSR count). The van der Waals surface area contributed by atoms with Gasteiger partial charge in [0.25, 0.3) is 5.56 Å². The first-order chi connectivity index (χ1) is 12.7. The van der Waals surface area contributed by atoms with Crippen molar-refractivity contribution in [2.24, 2.45) is 0 Å². The number of benzene rings is 1. The number of pyridine rings is 2. The van der Waals surface area contributed by atoms with Crippen molar-refractivity contribution in [1.29, 1.82) is 0 Å². The van der Waals surface area contributed by atoms with E-state index in [4.69, 9.17) is 4.74 Å². The second-order valence-electron chi connectivity index (χ2n) is 6.97. The third-order valence-corrected chi connectivity index (χ3v) is 5.03. The Hall–Kier alpha value is -2.66. The average Bonchev–Trinajstić information content (AvgIpc) is 2.66. The Kier molecular flexibility index (Phi) is 4.71. The molecular weight excluding hydrogens is 326 g/mol. The van der Waals surface area contributed by atoms with Gasteiger partial charge >= 0.3 is 0 Å². The first-order valence-electron chi connectivity index (χ1n) is 9.09. The summed E-state index contributed by atoms with van der Waals surface area (Å²) in [5.74, 6) is 0.883. The monoisotopic (exact) mass is 349 g/mol. The number of aromatic nitrogens is 2. The molecule has 1 aliphatic heterocycles. The van der Waals surface area contributed by atoms with Crippen LogP contribution < -0.4 is 10.3 Å². The maximum absolute atomic E-state index is 11.9. The van der Waals surface area contributed by atoms with Crippen LogP contribution in [0.5, 0.6) is 5.75 Å². The van der Waals surface area contributed by atoms with Crippen LogP contribution in [-0.2, 0) is 6.54 Å². The maximum Gasteiger partial charge on any atom is 0.255 e. The molecule has 3 aromatic rings. The van der Waals surface area contributed by atoms with E-state index in [9.17, 15) is 4.79 Å². The van der Waals surface area contributed by atoms with Gasteiger partial charge in [0.15, 0.2) is 0 Å². The highest BCUT2D eigenvalue weighted by Gasteiger charge is 2.21. The van der Waals surface area contributed by atoms with E-state index in [1.165, 1.54) is 5.56 Å². The Morgan fingerprint density at radius 2 is 2.12 bits per heavy atom. The SMILES string of the molecule is Cc1cc2c(=O)[nH]ccc2cc1OC1CCN(Cc2cccnc2)CC1. The van der Waals surface area contributed by atoms with Crippen LogP contribution >= 0.6 is 0 Å². The van der Waals surface area contributed by atoms with E-state index in [1.807, 2.05) is 43.6 Å². The molecule has 3 heterocycles. The van der Waals surface area contributed by atoms with Gasteiger partial charge in [-0.05, 0) is 60.5 Å². The van der Waals surface area contributed by atoms with Crippen molar-refractivity contribution in [2.45, 2.75) is 32.4 Å². The molecule has 0 spiro atoms. The van der Waals surface area contributed by atoms with E-state index in [2.05, 4.69) is 20.9 Å². The van der Waals surface area contributed by atoms with Crippen molar-refractivity contribution in [3.05, 3.63) is 70.4 Å². The molecule has 1 fully saturated rings. The summed E-state index contributed by atoms with van der Waals surface area (Å²) < 4.78 is 6.28. The van der Waals surface area contributed by atoms with Gasteiger partial charge in [-0.25, -0.2) is 0 Å². The Labute approximate surface area is 152 Å². The molecule has 5 nitrogen and oxygen atoms in total. The molecule has 1 aliphatic rings. The number of aryl methyl sites for hydroxylation is 1. The maximum atomic E-state index is 11.9. The largest absolute Gasteiger partial charge is 0.490 e. The lowest BCUT2D eigenvalue weighted by Crippen LogP contribution is -2.37. The van der Waals surface area contributed by atoms with Crippen LogP contribution in [-0.4, -0.2) is 34.1 Å². The van der Waals surface area contributed by atoms with Gasteiger partial charge in [-0.1, -0.05) is 6.07 Å². The minimum atomic E-state index is -0.0548. The topological polar surface area (TPSA) is 58.2 Å². The van der Waals surface area contributed by atoms with Crippen molar-refractivity contribution in [1.82, 2.24) is 14.9 Å². The summed E-state index contributed by atoms with van der Waals surface area (Å²) in [6, 6.07) is 9.93. The van der Waals surface area contributed by atoms with Gasteiger partial charge in [-0.2, -0.15) is 0 Å². The third kappa shape index (κ3) is 3.63. The van der Waals surface area contributed by atoms with Crippen molar-refractivity contribution >= 4 is 10.8 Å². The molecule has 2 aromatic heterocycles. The van der Waals surface area contributed by atoms with Crippen LogP contribution in [0.2, 0.25) is 0 Å². The van der Waals surface area contributed by atoms with Crippen LogP contribution in [0.4, 0.5) is 0 Å². The molecular formula is C21H23N3O2. The van der Waals surface area contributed by atoms with E-state index < -0.39 is 0 Å². The lowest BCUT2D eigenvalue weighted by molar-refractivity contribution is 0.0963. The fraction of sp³-hybridized carbons (Fsp3) is 0.333. The van der Waals surface area contributed by atoms with Crippen LogP contribution in [0.3, 0.4) is 0 Å². The molecule has 0 radical (unpaired) electrons. The van der Waals surface area contributed by atoms with Crippen molar-refractivity contribution in [3.63, 3.8) is 0 Å². The van der Waals surface area contributed by atoms with E-state index in [0.717, 1.165) is 49.2 Å². The van der Waals surface area contributed by atoms with Crippen LogP contribution in [0.25, 0.3) is 10.8 Å². The Morgan fingerprint density at radius 3 is 2.88 bits per heavy atom. The number of piperidine rings is 1. The number of nitrogens with one attached hydrogen (secondary N) is 1. The number of fused-ring (bicyclic) bond motifs is 1. The van der Waals surface area contributed by atoms with E-state index in [0.29, 0.717) is 5.39 Å². The standard InChI is InChI=1S/C21H23N3O2/c1-15-11-19-17(4-8-23-21(19)25)12-20(15)26-18-5-9-24(10-6-18)14-16-3-2-7-22-13-16/h2-4,7-8,11-13,18H,5-6,9-10,14H2,1H3,(H,23,25). The number of hydrogen-bond donors (Lipinski definition) is 1. The minimum absolute atomic E-state index is 0.0548. The Bertz CT molecular complexity index is 944. The van der Waals surface area contributed by atoms with Crippen LogP contribution in [0.15, 0.2) is 53.7 Å². The molecule has 5 heteroatoms. The summed E-state index contributed by atoms with van der Waals surface area (Å²) in [5, 5.41) is 1.63. The predicted octanol–water partition coefficient (Wildman–Crippen LogP) is 3.27. The summed E-state index contributed by atoms with van der Waals surface area (Å²) in [5.41, 5.74) is 2.20. The molecule has 0 amide bonds. The zero-order chi connectivity index (χ0) is 17.9. The molecule has 1 aromatic carbocycles. The smallest absolute Gasteiger partial charge is 0.255 e. The van der Waals surface area contributed by atoms with Gasteiger partial charge < -0.3 is 9.72 Å². The normalized spacial score (nSPS) is 16.0. The van der Waals surface area contributed by atoms with Gasteiger partial charge in [-0.15, -0.1) is 0 Å². The van der Waals surface area contributed by atoms with Crippen molar-refractivity contribution in [3.8, 4) is 5.75 Å². The fourth-order valence-electron chi connectivity index (χ4n) is 3.56. The summed E-state index contributed by atoms with van der Waals surface area (Å²) >= 11 is 0. The number of H-pyrrole nitrogens is 1. The highest BCUT2D eigenvalue weighted by Crippen LogP contribution is 2.27. The predicted molar refractivity (Wildman–Crippen MR) is 102 cm³/mol. The number of ether oxygens (including phenoxy) is 1.